The fourth-order valence-corrected chi connectivity index (χ4v) is 2.89. The minimum atomic E-state index is -4.16. The van der Waals surface area contributed by atoms with Crippen molar-refractivity contribution in [2.24, 2.45) is 4.99 Å². The van der Waals surface area contributed by atoms with E-state index < -0.39 is 12.7 Å². The maximum atomic E-state index is 12.8. The second-order valence-electron chi connectivity index (χ2n) is 6.49. The summed E-state index contributed by atoms with van der Waals surface area (Å²) < 4.78 is 55.6. The van der Waals surface area contributed by atoms with E-state index in [1.165, 1.54) is 17.0 Å². The Balaban J connectivity index is 0.00000392. The molecule has 1 aromatic carbocycles. The topological polar surface area (TPSA) is 48.9 Å². The van der Waals surface area contributed by atoms with Crippen molar-refractivity contribution in [2.75, 3.05) is 39.8 Å². The normalized spacial score (nSPS) is 17.9. The second kappa shape index (κ2) is 12.3. The molecular weight excluding hydrogens is 491 g/mol. The van der Waals surface area contributed by atoms with E-state index in [1.807, 2.05) is 0 Å². The molecule has 1 heterocycles. The van der Waals surface area contributed by atoms with E-state index in [2.05, 4.69) is 15.6 Å². The van der Waals surface area contributed by atoms with Crippen molar-refractivity contribution in [3.05, 3.63) is 30.1 Å². The van der Waals surface area contributed by atoms with Crippen LogP contribution >= 0.6 is 24.0 Å². The van der Waals surface area contributed by atoms with Gasteiger partial charge in [0.1, 0.15) is 11.6 Å². The van der Waals surface area contributed by atoms with Crippen molar-refractivity contribution in [1.29, 1.82) is 0 Å². The van der Waals surface area contributed by atoms with Crippen LogP contribution in [0.4, 0.5) is 17.6 Å². The Kier molecular flexibility index (Phi) is 10.9. The summed E-state index contributed by atoms with van der Waals surface area (Å²) in [4.78, 5) is 5.51. The smallest absolute Gasteiger partial charge is 0.401 e. The third kappa shape index (κ3) is 9.76. The van der Waals surface area contributed by atoms with Gasteiger partial charge in [0.2, 0.25) is 0 Å². The minimum Gasteiger partial charge on any atom is -0.494 e. The molecule has 0 bridgehead atoms. The van der Waals surface area contributed by atoms with Gasteiger partial charge in [-0.1, -0.05) is 0 Å². The molecule has 0 radical (unpaired) electrons. The lowest BCUT2D eigenvalue weighted by molar-refractivity contribution is -0.143. The molecule has 160 valence electrons. The Bertz CT molecular complexity index is 598. The van der Waals surface area contributed by atoms with E-state index in [4.69, 9.17) is 4.74 Å². The van der Waals surface area contributed by atoms with Gasteiger partial charge in [-0.05, 0) is 43.5 Å². The molecule has 1 aliphatic rings. The number of rotatable bonds is 8. The van der Waals surface area contributed by atoms with Gasteiger partial charge in [0.15, 0.2) is 5.96 Å². The average Bonchev–Trinajstić information content (AvgIpc) is 3.03. The number of nitrogens with one attached hydrogen (secondary N) is 2. The number of unbranched alkanes of at least 4 members (excludes halogenated alkanes) is 1. The predicted octanol–water partition coefficient (Wildman–Crippen LogP) is 3.40. The predicted molar refractivity (Wildman–Crippen MR) is 112 cm³/mol. The van der Waals surface area contributed by atoms with Crippen molar-refractivity contribution in [3.8, 4) is 5.75 Å². The van der Waals surface area contributed by atoms with Crippen LogP contribution in [0.2, 0.25) is 0 Å². The summed E-state index contributed by atoms with van der Waals surface area (Å²) in [7, 11) is 1.63. The van der Waals surface area contributed by atoms with Crippen LogP contribution in [-0.4, -0.2) is 62.9 Å². The average molecular weight is 518 g/mol. The van der Waals surface area contributed by atoms with Gasteiger partial charge in [0, 0.05) is 32.7 Å². The van der Waals surface area contributed by atoms with Crippen LogP contribution in [0, 0.1) is 5.82 Å². The lowest BCUT2D eigenvalue weighted by atomic mass is 10.3. The van der Waals surface area contributed by atoms with Gasteiger partial charge in [-0.25, -0.2) is 4.39 Å². The Morgan fingerprint density at radius 3 is 2.61 bits per heavy atom. The monoisotopic (exact) mass is 518 g/mol. The van der Waals surface area contributed by atoms with Crippen LogP contribution in [0.1, 0.15) is 19.3 Å². The van der Waals surface area contributed by atoms with Crippen LogP contribution in [0.5, 0.6) is 5.75 Å². The Morgan fingerprint density at radius 2 is 1.96 bits per heavy atom. The molecule has 2 rings (SSSR count). The molecule has 2 N–H and O–H groups in total. The summed E-state index contributed by atoms with van der Waals surface area (Å²) in [6, 6.07) is 5.84. The van der Waals surface area contributed by atoms with Crippen molar-refractivity contribution in [3.63, 3.8) is 0 Å². The first-order chi connectivity index (χ1) is 12.9. The van der Waals surface area contributed by atoms with Crippen LogP contribution in [0.3, 0.4) is 0 Å². The van der Waals surface area contributed by atoms with E-state index in [1.54, 1.807) is 19.2 Å². The highest BCUT2D eigenvalue weighted by molar-refractivity contribution is 14.0. The molecule has 0 aromatic heterocycles. The quantitative estimate of drug-likeness (QED) is 0.182. The molecule has 1 aliphatic heterocycles. The molecular formula is C18H27F4IN4O. The highest BCUT2D eigenvalue weighted by atomic mass is 127. The molecule has 1 saturated heterocycles. The first-order valence-corrected chi connectivity index (χ1v) is 9.00. The third-order valence-electron chi connectivity index (χ3n) is 4.19. The summed E-state index contributed by atoms with van der Waals surface area (Å²) in [5.41, 5.74) is 0. The highest BCUT2D eigenvalue weighted by Gasteiger charge is 2.34. The number of hydrogen-bond donors (Lipinski definition) is 2. The lowest BCUT2D eigenvalue weighted by Crippen LogP contribution is -2.45. The fraction of sp³-hybridized carbons (Fsp3) is 0.611. The van der Waals surface area contributed by atoms with E-state index in [9.17, 15) is 17.6 Å². The molecule has 1 aromatic rings. The number of ether oxygens (including phenoxy) is 1. The molecule has 5 nitrogen and oxygen atoms in total. The fourth-order valence-electron chi connectivity index (χ4n) is 2.89. The van der Waals surface area contributed by atoms with E-state index in [0.29, 0.717) is 44.4 Å². The molecule has 10 heteroatoms. The van der Waals surface area contributed by atoms with Crippen molar-refractivity contribution in [1.82, 2.24) is 15.5 Å². The van der Waals surface area contributed by atoms with Crippen LogP contribution in [-0.2, 0) is 0 Å². The van der Waals surface area contributed by atoms with Gasteiger partial charge in [-0.15, -0.1) is 24.0 Å². The molecule has 0 spiro atoms. The minimum absolute atomic E-state index is 0. The number of nitrogens with zero attached hydrogens (tertiary/aromatic N) is 2. The van der Waals surface area contributed by atoms with Crippen molar-refractivity contribution >= 4 is 29.9 Å². The zero-order chi connectivity index (χ0) is 19.7. The molecule has 0 aliphatic carbocycles. The van der Waals surface area contributed by atoms with Gasteiger partial charge >= 0.3 is 6.18 Å². The number of guanidine groups is 1. The maximum absolute atomic E-state index is 12.8. The first-order valence-electron chi connectivity index (χ1n) is 9.00. The lowest BCUT2D eigenvalue weighted by Gasteiger charge is -2.19. The Morgan fingerprint density at radius 1 is 1.25 bits per heavy atom. The Hall–Kier alpha value is -1.30. The van der Waals surface area contributed by atoms with Gasteiger partial charge in [0.05, 0.1) is 13.2 Å². The summed E-state index contributed by atoms with van der Waals surface area (Å²) in [5, 5.41) is 6.33. The largest absolute Gasteiger partial charge is 0.494 e. The number of benzene rings is 1. The van der Waals surface area contributed by atoms with Gasteiger partial charge < -0.3 is 15.4 Å². The number of halogens is 5. The summed E-state index contributed by atoms with van der Waals surface area (Å²) in [6.45, 7) is 1.10. The van der Waals surface area contributed by atoms with Crippen LogP contribution in [0.15, 0.2) is 29.3 Å². The van der Waals surface area contributed by atoms with Gasteiger partial charge in [-0.3, -0.25) is 9.89 Å². The zero-order valence-electron chi connectivity index (χ0n) is 15.8. The van der Waals surface area contributed by atoms with Gasteiger partial charge in [0.25, 0.3) is 0 Å². The molecule has 1 fully saturated rings. The van der Waals surface area contributed by atoms with Gasteiger partial charge in [-0.2, -0.15) is 13.2 Å². The second-order valence-corrected chi connectivity index (χ2v) is 6.49. The van der Waals surface area contributed by atoms with E-state index >= 15 is 0 Å². The summed E-state index contributed by atoms with van der Waals surface area (Å²) in [6.07, 6.45) is -1.86. The summed E-state index contributed by atoms with van der Waals surface area (Å²) >= 11 is 0. The molecule has 1 atom stereocenters. The number of hydrogen-bond acceptors (Lipinski definition) is 3. The number of alkyl halides is 3. The van der Waals surface area contributed by atoms with Crippen LogP contribution < -0.4 is 15.4 Å². The maximum Gasteiger partial charge on any atom is 0.401 e. The highest BCUT2D eigenvalue weighted by Crippen LogP contribution is 2.19. The van der Waals surface area contributed by atoms with Crippen molar-refractivity contribution < 1.29 is 22.3 Å². The molecule has 28 heavy (non-hydrogen) atoms. The van der Waals surface area contributed by atoms with Crippen LogP contribution in [0.25, 0.3) is 0 Å². The standard InChI is InChI=1S/C18H26F4N4O.HI/c1-23-17(25-15-8-10-26(12-15)13-18(20,21)22)24-9-2-3-11-27-16-6-4-14(19)5-7-16;/h4-7,15H,2-3,8-13H2,1H3,(H2,23,24,25);1H. The zero-order valence-corrected chi connectivity index (χ0v) is 18.1. The summed E-state index contributed by atoms with van der Waals surface area (Å²) in [5.74, 6) is 0.925. The molecule has 0 amide bonds. The SMILES string of the molecule is CN=C(NCCCCOc1ccc(F)cc1)NC1CCN(CC(F)(F)F)C1.I. The molecule has 1 unspecified atom stereocenters. The van der Waals surface area contributed by atoms with E-state index in [0.717, 1.165) is 12.8 Å². The Labute approximate surface area is 179 Å². The van der Waals surface area contributed by atoms with Crippen molar-refractivity contribution in [2.45, 2.75) is 31.5 Å². The number of aliphatic imine (C=N–C) groups is 1. The third-order valence-corrected chi connectivity index (χ3v) is 4.19. The molecule has 0 saturated carbocycles. The first kappa shape index (κ1) is 24.7. The van der Waals surface area contributed by atoms with E-state index in [-0.39, 0.29) is 35.8 Å². The number of likely N-dealkylation sites (tertiary alicyclic amines) is 1.